The van der Waals surface area contributed by atoms with Gasteiger partial charge in [-0.15, -0.1) is 0 Å². The number of hydrogen-bond acceptors (Lipinski definition) is 5. The molecule has 1 aliphatic rings. The van der Waals surface area contributed by atoms with E-state index in [1.54, 1.807) is 20.3 Å². The van der Waals surface area contributed by atoms with E-state index in [0.29, 0.717) is 11.5 Å². The van der Waals surface area contributed by atoms with Crippen molar-refractivity contribution in [2.75, 3.05) is 14.2 Å². The van der Waals surface area contributed by atoms with Gasteiger partial charge in [0.05, 0.1) is 14.2 Å². The van der Waals surface area contributed by atoms with Crippen LogP contribution in [0.25, 0.3) is 6.08 Å². The van der Waals surface area contributed by atoms with Gasteiger partial charge in [-0.25, -0.2) is 4.79 Å². The normalized spacial score (nSPS) is 15.9. The predicted molar refractivity (Wildman–Crippen MR) is 112 cm³/mol. The third-order valence-corrected chi connectivity index (χ3v) is 4.33. The van der Waals surface area contributed by atoms with Crippen LogP contribution in [-0.2, 0) is 9.53 Å². The molecule has 1 heterocycles. The highest BCUT2D eigenvalue weighted by Gasteiger charge is 2.26. The Morgan fingerprint density at radius 3 is 2.38 bits per heavy atom. The molecule has 0 bridgehead atoms. The Hall–Kier alpha value is -3.21. The number of benzene rings is 2. The van der Waals surface area contributed by atoms with Crippen molar-refractivity contribution in [3.8, 4) is 17.2 Å². The summed E-state index contributed by atoms with van der Waals surface area (Å²) in [4.78, 5) is 12.2. The maximum Gasteiger partial charge on any atom is 0.331 e. The summed E-state index contributed by atoms with van der Waals surface area (Å²) in [6.45, 7) is 5.51. The van der Waals surface area contributed by atoms with Crippen LogP contribution in [0.2, 0.25) is 0 Å². The summed E-state index contributed by atoms with van der Waals surface area (Å²) in [6.07, 6.45) is 4.77. The molecule has 3 rings (SSSR count). The zero-order chi connectivity index (χ0) is 21.0. The lowest BCUT2D eigenvalue weighted by molar-refractivity contribution is -0.148. The van der Waals surface area contributed by atoms with E-state index in [0.717, 1.165) is 22.4 Å². The molecule has 0 saturated heterocycles. The number of carbonyl (C=O) groups is 1. The standard InChI is InChI=1S/C24H26O5/c1-24(2,3)29-21(25)14-11-18-15-17-7-6-8-20(27-5)23(17)28-22(18)16-9-12-19(26-4)13-10-16/h6-15,22H,1-5H3/b14-11+/t22-/m1/s1. The molecule has 5 heteroatoms. The molecule has 2 aromatic rings. The van der Waals surface area contributed by atoms with Crippen LogP contribution >= 0.6 is 0 Å². The highest BCUT2D eigenvalue weighted by molar-refractivity contribution is 5.83. The molecule has 0 aromatic heterocycles. The van der Waals surface area contributed by atoms with Gasteiger partial charge < -0.3 is 18.9 Å². The highest BCUT2D eigenvalue weighted by atomic mass is 16.6. The van der Waals surface area contributed by atoms with E-state index >= 15 is 0 Å². The lowest BCUT2D eigenvalue weighted by atomic mass is 9.95. The maximum absolute atomic E-state index is 12.2. The lowest BCUT2D eigenvalue weighted by Gasteiger charge is -2.27. The molecule has 0 fully saturated rings. The van der Waals surface area contributed by atoms with E-state index in [1.807, 2.05) is 69.3 Å². The average molecular weight is 394 g/mol. The number of fused-ring (bicyclic) bond motifs is 1. The van der Waals surface area contributed by atoms with Crippen molar-refractivity contribution < 1.29 is 23.7 Å². The van der Waals surface area contributed by atoms with Crippen molar-refractivity contribution in [2.45, 2.75) is 32.5 Å². The topological polar surface area (TPSA) is 54.0 Å². The van der Waals surface area contributed by atoms with Crippen LogP contribution in [0.4, 0.5) is 0 Å². The molecule has 0 amide bonds. The first-order valence-corrected chi connectivity index (χ1v) is 9.41. The Balaban J connectivity index is 1.98. The van der Waals surface area contributed by atoms with Crippen LogP contribution in [-0.4, -0.2) is 25.8 Å². The van der Waals surface area contributed by atoms with Crippen LogP contribution in [0.1, 0.15) is 38.0 Å². The minimum Gasteiger partial charge on any atom is -0.497 e. The molecule has 5 nitrogen and oxygen atoms in total. The third kappa shape index (κ3) is 4.99. The smallest absolute Gasteiger partial charge is 0.331 e. The average Bonchev–Trinajstić information content (AvgIpc) is 2.70. The summed E-state index contributed by atoms with van der Waals surface area (Å²) >= 11 is 0. The molecule has 1 atom stereocenters. The molecule has 29 heavy (non-hydrogen) atoms. The zero-order valence-electron chi connectivity index (χ0n) is 17.4. The van der Waals surface area contributed by atoms with Crippen molar-refractivity contribution in [3.05, 3.63) is 71.3 Å². The van der Waals surface area contributed by atoms with Gasteiger partial charge in [-0.05, 0) is 62.3 Å². The fourth-order valence-electron chi connectivity index (χ4n) is 3.05. The van der Waals surface area contributed by atoms with Crippen molar-refractivity contribution >= 4 is 12.0 Å². The van der Waals surface area contributed by atoms with Crippen molar-refractivity contribution in [1.29, 1.82) is 0 Å². The van der Waals surface area contributed by atoms with Crippen molar-refractivity contribution in [3.63, 3.8) is 0 Å². The van der Waals surface area contributed by atoms with E-state index < -0.39 is 17.7 Å². The monoisotopic (exact) mass is 394 g/mol. The largest absolute Gasteiger partial charge is 0.497 e. The number of hydrogen-bond donors (Lipinski definition) is 0. The molecular formula is C24H26O5. The summed E-state index contributed by atoms with van der Waals surface area (Å²) < 4.78 is 22.4. The number of para-hydroxylation sites is 1. The molecule has 0 saturated carbocycles. The molecular weight excluding hydrogens is 368 g/mol. The summed E-state index contributed by atoms with van der Waals surface area (Å²) in [5.74, 6) is 1.69. The quantitative estimate of drug-likeness (QED) is 0.520. The second-order valence-corrected chi connectivity index (χ2v) is 7.66. The van der Waals surface area contributed by atoms with E-state index in [1.165, 1.54) is 6.08 Å². The van der Waals surface area contributed by atoms with E-state index in [2.05, 4.69) is 0 Å². The summed E-state index contributed by atoms with van der Waals surface area (Å²) in [7, 11) is 3.24. The Morgan fingerprint density at radius 1 is 1.03 bits per heavy atom. The number of esters is 1. The summed E-state index contributed by atoms with van der Waals surface area (Å²) in [6, 6.07) is 13.4. The molecule has 1 aliphatic heterocycles. The molecule has 0 unspecified atom stereocenters. The van der Waals surface area contributed by atoms with Gasteiger partial charge in [-0.1, -0.05) is 24.3 Å². The minimum atomic E-state index is -0.547. The Labute approximate surface area is 171 Å². The molecule has 2 aromatic carbocycles. The summed E-state index contributed by atoms with van der Waals surface area (Å²) in [5.41, 5.74) is 2.11. The van der Waals surface area contributed by atoms with Gasteiger partial charge in [0.2, 0.25) is 0 Å². The third-order valence-electron chi connectivity index (χ3n) is 4.33. The van der Waals surface area contributed by atoms with E-state index in [-0.39, 0.29) is 0 Å². The lowest BCUT2D eigenvalue weighted by Crippen LogP contribution is -2.22. The van der Waals surface area contributed by atoms with Gasteiger partial charge in [0, 0.05) is 11.6 Å². The van der Waals surface area contributed by atoms with Crippen molar-refractivity contribution in [1.82, 2.24) is 0 Å². The van der Waals surface area contributed by atoms with Crippen molar-refractivity contribution in [2.24, 2.45) is 0 Å². The first kappa shape index (κ1) is 20.5. The number of carbonyl (C=O) groups excluding carboxylic acids is 1. The van der Waals surface area contributed by atoms with Crippen LogP contribution in [0, 0.1) is 0 Å². The van der Waals surface area contributed by atoms with Crippen LogP contribution in [0.5, 0.6) is 17.2 Å². The second kappa shape index (κ2) is 8.43. The van der Waals surface area contributed by atoms with Gasteiger partial charge in [0.15, 0.2) is 11.5 Å². The number of methoxy groups -OCH3 is 2. The highest BCUT2D eigenvalue weighted by Crippen LogP contribution is 2.43. The van der Waals surface area contributed by atoms with E-state index in [9.17, 15) is 4.79 Å². The first-order valence-electron chi connectivity index (χ1n) is 9.41. The van der Waals surface area contributed by atoms with E-state index in [4.69, 9.17) is 18.9 Å². The Morgan fingerprint density at radius 2 is 1.76 bits per heavy atom. The molecule has 0 aliphatic carbocycles. The predicted octanol–water partition coefficient (Wildman–Crippen LogP) is 5.12. The fourth-order valence-corrected chi connectivity index (χ4v) is 3.05. The Bertz CT molecular complexity index is 933. The van der Waals surface area contributed by atoms with Gasteiger partial charge in [0.1, 0.15) is 17.5 Å². The molecule has 0 spiro atoms. The van der Waals surface area contributed by atoms with Gasteiger partial charge in [0.25, 0.3) is 0 Å². The molecule has 0 radical (unpaired) electrons. The van der Waals surface area contributed by atoms with Crippen LogP contribution < -0.4 is 14.2 Å². The van der Waals surface area contributed by atoms with Crippen LogP contribution in [0.3, 0.4) is 0 Å². The van der Waals surface area contributed by atoms with Crippen LogP contribution in [0.15, 0.2) is 60.2 Å². The molecule has 0 N–H and O–H groups in total. The summed E-state index contributed by atoms with van der Waals surface area (Å²) in [5, 5.41) is 0. The fraction of sp³-hybridized carbons (Fsp3) is 0.292. The number of rotatable bonds is 5. The van der Waals surface area contributed by atoms with Gasteiger partial charge >= 0.3 is 5.97 Å². The second-order valence-electron chi connectivity index (χ2n) is 7.66. The minimum absolute atomic E-state index is 0.400. The van der Waals surface area contributed by atoms with Gasteiger partial charge in [-0.2, -0.15) is 0 Å². The van der Waals surface area contributed by atoms with Gasteiger partial charge in [-0.3, -0.25) is 0 Å². The number of ether oxygens (including phenoxy) is 4. The SMILES string of the molecule is COc1ccc([C@H]2Oc3c(cccc3OC)C=C2/C=C/C(=O)OC(C)(C)C)cc1. The first-order chi connectivity index (χ1) is 13.8. The Kier molecular flexibility index (Phi) is 5.97. The molecule has 152 valence electrons. The zero-order valence-corrected chi connectivity index (χ0v) is 17.4. The maximum atomic E-state index is 12.2.